The Morgan fingerprint density at radius 3 is 2.21 bits per heavy atom. The SMILES string of the molecule is CN(C)P(=O)(NC(=S)Nc1ccccc1N)N(C)C. The molecule has 0 bridgehead atoms. The Kier molecular flexibility index (Phi) is 5.31. The highest BCUT2D eigenvalue weighted by Gasteiger charge is 2.28. The quantitative estimate of drug-likeness (QED) is 0.445. The van der Waals surface area contributed by atoms with Gasteiger partial charge in [0.05, 0.1) is 11.4 Å². The fraction of sp³-hybridized carbons (Fsp3) is 0.364. The summed E-state index contributed by atoms with van der Waals surface area (Å²) in [6.07, 6.45) is 0. The molecule has 0 atom stereocenters. The van der Waals surface area contributed by atoms with Gasteiger partial charge < -0.3 is 11.1 Å². The van der Waals surface area contributed by atoms with E-state index in [0.717, 1.165) is 0 Å². The summed E-state index contributed by atoms with van der Waals surface area (Å²) >= 11 is 5.18. The van der Waals surface area contributed by atoms with Crippen LogP contribution in [0.1, 0.15) is 0 Å². The Labute approximate surface area is 119 Å². The van der Waals surface area contributed by atoms with Gasteiger partial charge in [0.15, 0.2) is 5.11 Å². The first-order valence-electron chi connectivity index (χ1n) is 5.67. The monoisotopic (exact) mass is 301 g/mol. The third-order valence-electron chi connectivity index (χ3n) is 2.54. The van der Waals surface area contributed by atoms with E-state index in [0.29, 0.717) is 11.4 Å². The number of nitrogens with one attached hydrogen (secondary N) is 2. The number of nitrogens with two attached hydrogens (primary N) is 1. The number of hydrogen-bond donors (Lipinski definition) is 3. The minimum absolute atomic E-state index is 0.267. The molecule has 0 fully saturated rings. The molecule has 0 unspecified atom stereocenters. The molecule has 0 radical (unpaired) electrons. The van der Waals surface area contributed by atoms with Crippen LogP contribution in [0, 0.1) is 0 Å². The Morgan fingerprint density at radius 1 is 1.21 bits per heavy atom. The molecule has 6 nitrogen and oxygen atoms in total. The number of thiocarbonyl (C=S) groups is 1. The molecule has 8 heteroatoms. The van der Waals surface area contributed by atoms with Gasteiger partial charge in [0.25, 0.3) is 0 Å². The van der Waals surface area contributed by atoms with Crippen molar-refractivity contribution >= 4 is 36.3 Å². The maximum Gasteiger partial charge on any atom is 0.309 e. The molecule has 0 spiro atoms. The second-order valence-electron chi connectivity index (χ2n) is 4.39. The third-order valence-corrected chi connectivity index (χ3v) is 5.58. The number of rotatable bonds is 4. The second kappa shape index (κ2) is 6.34. The van der Waals surface area contributed by atoms with Crippen LogP contribution in [0.5, 0.6) is 0 Å². The number of para-hydroxylation sites is 2. The summed E-state index contributed by atoms with van der Waals surface area (Å²) in [6, 6.07) is 7.25. The summed E-state index contributed by atoms with van der Waals surface area (Å²) < 4.78 is 15.9. The predicted octanol–water partition coefficient (Wildman–Crippen LogP) is 1.79. The average Bonchev–Trinajstić information content (AvgIpc) is 2.31. The summed E-state index contributed by atoms with van der Waals surface area (Å²) in [6.45, 7) is 0. The molecule has 0 saturated heterocycles. The van der Waals surface area contributed by atoms with Gasteiger partial charge in [-0.15, -0.1) is 0 Å². The number of nitrogens with zero attached hydrogens (tertiary/aromatic N) is 2. The molecule has 19 heavy (non-hydrogen) atoms. The molecule has 106 valence electrons. The summed E-state index contributed by atoms with van der Waals surface area (Å²) in [5.41, 5.74) is 7.08. The first kappa shape index (κ1) is 15.9. The van der Waals surface area contributed by atoms with E-state index >= 15 is 0 Å². The Morgan fingerprint density at radius 2 is 1.74 bits per heavy atom. The average molecular weight is 301 g/mol. The van der Waals surface area contributed by atoms with Crippen LogP contribution in [0.3, 0.4) is 0 Å². The predicted molar refractivity (Wildman–Crippen MR) is 85.2 cm³/mol. The second-order valence-corrected chi connectivity index (χ2v) is 7.71. The molecule has 0 aliphatic rings. The zero-order valence-electron chi connectivity index (χ0n) is 11.5. The lowest BCUT2D eigenvalue weighted by molar-refractivity contribution is 0.443. The zero-order chi connectivity index (χ0) is 14.6. The standard InChI is InChI=1S/C11H20N5OPS/c1-15(2)18(17,16(3)4)14-11(19)13-10-8-6-5-7-9(10)12/h5-8H,12H2,1-4H3,(H2,13,14,17,19). The van der Waals surface area contributed by atoms with Gasteiger partial charge in [0.2, 0.25) is 0 Å². The van der Waals surface area contributed by atoms with Crippen molar-refractivity contribution in [1.29, 1.82) is 0 Å². The molecule has 0 aliphatic carbocycles. The van der Waals surface area contributed by atoms with Crippen LogP contribution in [0.4, 0.5) is 11.4 Å². The van der Waals surface area contributed by atoms with Gasteiger partial charge in [0.1, 0.15) is 0 Å². The molecule has 0 saturated carbocycles. The summed E-state index contributed by atoms with van der Waals surface area (Å²) in [5, 5.41) is 6.05. The van der Waals surface area contributed by atoms with E-state index in [2.05, 4.69) is 10.4 Å². The first-order valence-corrected chi connectivity index (χ1v) is 7.69. The van der Waals surface area contributed by atoms with Crippen LogP contribution in [-0.2, 0) is 4.57 Å². The van der Waals surface area contributed by atoms with Crippen molar-refractivity contribution in [2.24, 2.45) is 0 Å². The molecule has 0 aromatic heterocycles. The van der Waals surface area contributed by atoms with Gasteiger partial charge in [-0.3, -0.25) is 9.65 Å². The van der Waals surface area contributed by atoms with Crippen LogP contribution in [0.25, 0.3) is 0 Å². The molecule has 0 aliphatic heterocycles. The minimum atomic E-state index is -2.90. The van der Waals surface area contributed by atoms with E-state index in [1.165, 1.54) is 0 Å². The third kappa shape index (κ3) is 3.91. The van der Waals surface area contributed by atoms with E-state index in [4.69, 9.17) is 18.0 Å². The molecular formula is C11H20N5OPS. The van der Waals surface area contributed by atoms with E-state index in [1.807, 2.05) is 12.1 Å². The highest BCUT2D eigenvalue weighted by molar-refractivity contribution is 7.81. The van der Waals surface area contributed by atoms with Crippen molar-refractivity contribution in [3.05, 3.63) is 24.3 Å². The van der Waals surface area contributed by atoms with Gasteiger partial charge in [-0.05, 0) is 52.5 Å². The molecular weight excluding hydrogens is 281 g/mol. The molecule has 1 aromatic carbocycles. The van der Waals surface area contributed by atoms with E-state index < -0.39 is 7.59 Å². The van der Waals surface area contributed by atoms with Crippen molar-refractivity contribution in [2.45, 2.75) is 0 Å². The summed E-state index contributed by atoms with van der Waals surface area (Å²) in [7, 11) is 4.02. The first-order chi connectivity index (χ1) is 8.77. The minimum Gasteiger partial charge on any atom is -0.397 e. The van der Waals surface area contributed by atoms with Crippen LogP contribution in [-0.4, -0.2) is 42.6 Å². The van der Waals surface area contributed by atoms with Gasteiger partial charge in [-0.1, -0.05) is 12.1 Å². The maximum atomic E-state index is 12.7. The van der Waals surface area contributed by atoms with Crippen molar-refractivity contribution < 1.29 is 4.57 Å². The lowest BCUT2D eigenvalue weighted by atomic mass is 10.3. The van der Waals surface area contributed by atoms with E-state index in [9.17, 15) is 4.57 Å². The van der Waals surface area contributed by atoms with Gasteiger partial charge >= 0.3 is 7.59 Å². The lowest BCUT2D eigenvalue weighted by Crippen LogP contribution is -2.36. The highest BCUT2D eigenvalue weighted by Crippen LogP contribution is 2.44. The summed E-state index contributed by atoms with van der Waals surface area (Å²) in [5.74, 6) is 0. The largest absolute Gasteiger partial charge is 0.397 e. The number of nitrogen functional groups attached to an aromatic ring is 1. The number of hydrogen-bond acceptors (Lipinski definition) is 3. The van der Waals surface area contributed by atoms with E-state index in [-0.39, 0.29) is 5.11 Å². The van der Waals surface area contributed by atoms with Crippen molar-refractivity contribution in [2.75, 3.05) is 39.2 Å². The summed E-state index contributed by atoms with van der Waals surface area (Å²) in [4.78, 5) is 0. The maximum absolute atomic E-state index is 12.7. The van der Waals surface area contributed by atoms with Gasteiger partial charge in [0, 0.05) is 0 Å². The van der Waals surface area contributed by atoms with Crippen molar-refractivity contribution in [3.8, 4) is 0 Å². The molecule has 0 heterocycles. The van der Waals surface area contributed by atoms with Crippen LogP contribution in [0.15, 0.2) is 24.3 Å². The smallest absolute Gasteiger partial charge is 0.309 e. The van der Waals surface area contributed by atoms with Crippen molar-refractivity contribution in [3.63, 3.8) is 0 Å². The Hall–Kier alpha value is -1.14. The normalized spacial score (nSPS) is 11.7. The molecule has 1 rings (SSSR count). The van der Waals surface area contributed by atoms with E-state index in [1.54, 1.807) is 49.7 Å². The topological polar surface area (TPSA) is 73.6 Å². The number of benzene rings is 1. The molecule has 0 amide bonds. The Balaban J connectivity index is 2.81. The van der Waals surface area contributed by atoms with Crippen LogP contribution >= 0.6 is 19.8 Å². The zero-order valence-corrected chi connectivity index (χ0v) is 13.3. The van der Waals surface area contributed by atoms with Crippen LogP contribution in [0.2, 0.25) is 0 Å². The molecule has 4 N–H and O–H groups in total. The Bertz CT molecular complexity index is 494. The van der Waals surface area contributed by atoms with Crippen LogP contribution < -0.4 is 16.1 Å². The van der Waals surface area contributed by atoms with Crippen molar-refractivity contribution in [1.82, 2.24) is 14.4 Å². The van der Waals surface area contributed by atoms with Gasteiger partial charge in [-0.2, -0.15) is 0 Å². The fourth-order valence-electron chi connectivity index (χ4n) is 1.45. The fourth-order valence-corrected chi connectivity index (χ4v) is 3.35. The van der Waals surface area contributed by atoms with Gasteiger partial charge in [-0.25, -0.2) is 9.34 Å². The lowest BCUT2D eigenvalue weighted by Gasteiger charge is -2.31. The number of anilines is 2. The highest BCUT2D eigenvalue weighted by atomic mass is 32.1. The molecule has 1 aromatic rings.